The molecule has 0 radical (unpaired) electrons. The summed E-state index contributed by atoms with van der Waals surface area (Å²) in [5.41, 5.74) is -0.0930. The molecule has 0 aliphatic carbocycles. The molecule has 1 unspecified atom stereocenters. The Morgan fingerprint density at radius 3 is 2.67 bits per heavy atom. The summed E-state index contributed by atoms with van der Waals surface area (Å²) in [6.07, 6.45) is 0.268. The number of aliphatic carboxylic acids is 1. The quantitative estimate of drug-likeness (QED) is 0.884. The van der Waals surface area contributed by atoms with E-state index in [9.17, 15) is 14.4 Å². The van der Waals surface area contributed by atoms with Crippen LogP contribution in [0.3, 0.4) is 0 Å². The van der Waals surface area contributed by atoms with Crippen molar-refractivity contribution in [1.82, 2.24) is 10.3 Å². The van der Waals surface area contributed by atoms with Crippen molar-refractivity contribution < 1.29 is 19.1 Å². The minimum absolute atomic E-state index is 0.220. The third-order valence-electron chi connectivity index (χ3n) is 3.05. The predicted octanol–water partition coefficient (Wildman–Crippen LogP) is 1.46. The Balaban J connectivity index is 2.45. The minimum Gasteiger partial charge on any atom is -0.480 e. The number of amides is 1. The van der Waals surface area contributed by atoms with Crippen LogP contribution in [0, 0.1) is 13.8 Å². The first-order chi connectivity index (χ1) is 9.85. The van der Waals surface area contributed by atoms with Crippen molar-refractivity contribution in [3.63, 3.8) is 0 Å². The topological polar surface area (TPSA) is 110 Å². The number of carboxylic acids is 1. The van der Waals surface area contributed by atoms with Crippen LogP contribution in [0.25, 0.3) is 10.2 Å². The van der Waals surface area contributed by atoms with Crippen LogP contribution >= 0.6 is 11.3 Å². The molecule has 1 amide bonds. The number of nitrogens with one attached hydrogen (secondary N) is 1. The normalized spacial score (nSPS) is 12.3. The second-order valence-electron chi connectivity index (χ2n) is 4.53. The minimum atomic E-state index is -1.10. The molecule has 0 aromatic carbocycles. The summed E-state index contributed by atoms with van der Waals surface area (Å²) >= 11 is 1.05. The molecule has 0 saturated carbocycles. The van der Waals surface area contributed by atoms with E-state index in [1.165, 1.54) is 0 Å². The molecule has 0 spiro atoms. The van der Waals surface area contributed by atoms with Crippen molar-refractivity contribution in [2.75, 3.05) is 0 Å². The van der Waals surface area contributed by atoms with E-state index in [1.807, 2.05) is 0 Å². The maximum Gasteiger partial charge on any atom is 0.348 e. The highest BCUT2D eigenvalue weighted by Gasteiger charge is 2.23. The van der Waals surface area contributed by atoms with Crippen LogP contribution in [-0.4, -0.2) is 28.0 Å². The summed E-state index contributed by atoms with van der Waals surface area (Å²) in [5.74, 6) is -1.41. The second kappa shape index (κ2) is 5.65. The van der Waals surface area contributed by atoms with E-state index in [1.54, 1.807) is 20.8 Å². The van der Waals surface area contributed by atoms with Gasteiger partial charge in [0.2, 0.25) is 0 Å². The van der Waals surface area contributed by atoms with Crippen LogP contribution in [0.5, 0.6) is 0 Å². The van der Waals surface area contributed by atoms with Gasteiger partial charge in [-0.1, -0.05) is 6.92 Å². The molecule has 2 rings (SSSR count). The average molecular weight is 310 g/mol. The van der Waals surface area contributed by atoms with Gasteiger partial charge in [0.25, 0.3) is 5.91 Å². The molecule has 0 saturated heterocycles. The van der Waals surface area contributed by atoms with Gasteiger partial charge in [0.15, 0.2) is 5.89 Å². The van der Waals surface area contributed by atoms with E-state index < -0.39 is 23.5 Å². The molecule has 2 aromatic heterocycles. The molecule has 0 fully saturated rings. The van der Waals surface area contributed by atoms with Crippen molar-refractivity contribution in [2.45, 2.75) is 33.2 Å². The number of carboxylic acid groups (broad SMARTS) is 1. The summed E-state index contributed by atoms with van der Waals surface area (Å²) in [7, 11) is 0. The highest BCUT2D eigenvalue weighted by molar-refractivity contribution is 7.20. The highest BCUT2D eigenvalue weighted by atomic mass is 32.1. The van der Waals surface area contributed by atoms with E-state index in [4.69, 9.17) is 9.52 Å². The smallest absolute Gasteiger partial charge is 0.348 e. The molecule has 21 heavy (non-hydrogen) atoms. The second-order valence-corrected chi connectivity index (χ2v) is 5.53. The van der Waals surface area contributed by atoms with Gasteiger partial charge in [-0.15, -0.1) is 11.3 Å². The van der Waals surface area contributed by atoms with Crippen molar-refractivity contribution in [1.29, 1.82) is 0 Å². The van der Waals surface area contributed by atoms with Crippen molar-refractivity contribution >= 4 is 33.4 Å². The zero-order valence-corrected chi connectivity index (χ0v) is 12.5. The van der Waals surface area contributed by atoms with Crippen LogP contribution in [-0.2, 0) is 4.79 Å². The Morgan fingerprint density at radius 1 is 1.43 bits per heavy atom. The maximum absolute atomic E-state index is 12.2. The Kier molecular flexibility index (Phi) is 4.08. The van der Waals surface area contributed by atoms with E-state index >= 15 is 0 Å². The Morgan fingerprint density at radius 2 is 2.10 bits per heavy atom. The number of carbonyl (C=O) groups is 2. The number of thiophene rings is 1. The fraction of sp³-hybridized carbons (Fsp3) is 0.385. The van der Waals surface area contributed by atoms with Crippen LogP contribution in [0.15, 0.2) is 9.21 Å². The Labute approximate surface area is 123 Å². The number of carbonyl (C=O) groups excluding carboxylic acids is 1. The van der Waals surface area contributed by atoms with Gasteiger partial charge in [-0.2, -0.15) is 0 Å². The largest absolute Gasteiger partial charge is 0.480 e. The first-order valence-corrected chi connectivity index (χ1v) is 7.11. The summed E-state index contributed by atoms with van der Waals surface area (Å²) in [5, 5.41) is 11.7. The molecule has 0 aliphatic heterocycles. The fourth-order valence-corrected chi connectivity index (χ4v) is 3.06. The van der Waals surface area contributed by atoms with Crippen LogP contribution in [0.2, 0.25) is 0 Å². The number of rotatable bonds is 4. The molecule has 2 aromatic rings. The fourth-order valence-electron chi connectivity index (χ4n) is 1.95. The lowest BCUT2D eigenvalue weighted by atomic mass is 10.2. The highest BCUT2D eigenvalue weighted by Crippen LogP contribution is 2.27. The molecule has 2 N–H and O–H groups in total. The van der Waals surface area contributed by atoms with Crippen molar-refractivity contribution in [3.8, 4) is 0 Å². The van der Waals surface area contributed by atoms with Gasteiger partial charge in [-0.3, -0.25) is 4.79 Å². The molecule has 0 bridgehead atoms. The number of aryl methyl sites for hydroxylation is 2. The molecular formula is C13H14N2O5S. The van der Waals surface area contributed by atoms with Crippen molar-refractivity contribution in [2.24, 2.45) is 0 Å². The molecule has 7 nitrogen and oxygen atoms in total. The molecule has 0 aliphatic rings. The standard InChI is InChI=1S/C13H14N2O5S/c1-4-7(12(17)18)15-10(16)9-5(2)8-11(21-9)14-6(3)20-13(8)19/h7H,4H2,1-3H3,(H,15,16)(H,17,18). The molecule has 8 heteroatoms. The number of nitrogens with zero attached hydrogens (tertiary/aromatic N) is 1. The number of fused-ring (bicyclic) bond motifs is 1. The van der Waals surface area contributed by atoms with E-state index in [2.05, 4.69) is 10.3 Å². The number of hydrogen-bond donors (Lipinski definition) is 2. The zero-order valence-electron chi connectivity index (χ0n) is 11.7. The monoisotopic (exact) mass is 310 g/mol. The molecule has 1 atom stereocenters. The summed E-state index contributed by atoms with van der Waals surface area (Å²) < 4.78 is 4.92. The van der Waals surface area contributed by atoms with Gasteiger partial charge in [0.1, 0.15) is 16.3 Å². The lowest BCUT2D eigenvalue weighted by Crippen LogP contribution is -2.40. The van der Waals surface area contributed by atoms with Crippen LogP contribution < -0.4 is 10.9 Å². The summed E-state index contributed by atoms with van der Waals surface area (Å²) in [6.45, 7) is 4.83. The zero-order chi connectivity index (χ0) is 15.7. The number of aromatic nitrogens is 1. The average Bonchev–Trinajstić information content (AvgIpc) is 2.72. The summed E-state index contributed by atoms with van der Waals surface area (Å²) in [4.78, 5) is 39.7. The predicted molar refractivity (Wildman–Crippen MR) is 76.8 cm³/mol. The third-order valence-corrected chi connectivity index (χ3v) is 4.23. The van der Waals surface area contributed by atoms with Gasteiger partial charge in [0.05, 0.1) is 4.88 Å². The van der Waals surface area contributed by atoms with E-state index in [0.717, 1.165) is 11.3 Å². The van der Waals surface area contributed by atoms with Crippen LogP contribution in [0.4, 0.5) is 0 Å². The lowest BCUT2D eigenvalue weighted by Gasteiger charge is -2.11. The van der Waals surface area contributed by atoms with E-state index in [0.29, 0.717) is 10.4 Å². The first-order valence-electron chi connectivity index (χ1n) is 6.29. The number of hydrogen-bond acceptors (Lipinski definition) is 6. The van der Waals surface area contributed by atoms with Gasteiger partial charge < -0.3 is 14.8 Å². The van der Waals surface area contributed by atoms with Gasteiger partial charge in [-0.05, 0) is 18.9 Å². The maximum atomic E-state index is 12.2. The lowest BCUT2D eigenvalue weighted by molar-refractivity contribution is -0.139. The van der Waals surface area contributed by atoms with E-state index in [-0.39, 0.29) is 22.6 Å². The van der Waals surface area contributed by atoms with Gasteiger partial charge in [-0.25, -0.2) is 14.6 Å². The van der Waals surface area contributed by atoms with Crippen molar-refractivity contribution in [3.05, 3.63) is 26.8 Å². The summed E-state index contributed by atoms with van der Waals surface area (Å²) in [6, 6.07) is -0.965. The van der Waals surface area contributed by atoms with Crippen LogP contribution in [0.1, 0.15) is 34.5 Å². The first kappa shape index (κ1) is 15.2. The van der Waals surface area contributed by atoms with Gasteiger partial charge >= 0.3 is 11.6 Å². The molecular weight excluding hydrogens is 296 g/mol. The Hall–Kier alpha value is -2.22. The SMILES string of the molecule is CCC(NC(=O)c1sc2nc(C)oc(=O)c2c1C)C(=O)O. The Bertz CT molecular complexity index is 777. The van der Waals surface area contributed by atoms with Gasteiger partial charge in [0, 0.05) is 6.92 Å². The molecule has 112 valence electrons. The third kappa shape index (κ3) is 2.80. The molecule has 2 heterocycles.